The van der Waals surface area contributed by atoms with Crippen molar-refractivity contribution < 1.29 is 0 Å². The lowest BCUT2D eigenvalue weighted by atomic mass is 10.1. The SMILES string of the molecule is CC(C1CC1)N(C)c1cnccc1C(N)=S. The van der Waals surface area contributed by atoms with Crippen molar-refractivity contribution in [2.75, 3.05) is 11.9 Å². The first kappa shape index (κ1) is 11.3. The van der Waals surface area contributed by atoms with E-state index in [0.29, 0.717) is 11.0 Å². The Balaban J connectivity index is 2.27. The molecule has 0 spiro atoms. The quantitative estimate of drug-likeness (QED) is 0.810. The van der Waals surface area contributed by atoms with Gasteiger partial charge in [-0.3, -0.25) is 4.98 Å². The van der Waals surface area contributed by atoms with Gasteiger partial charge in [-0.05, 0) is 31.7 Å². The van der Waals surface area contributed by atoms with Crippen molar-refractivity contribution in [1.82, 2.24) is 4.98 Å². The topological polar surface area (TPSA) is 42.2 Å². The Morgan fingerprint density at radius 3 is 2.88 bits per heavy atom. The Morgan fingerprint density at radius 1 is 1.62 bits per heavy atom. The highest BCUT2D eigenvalue weighted by molar-refractivity contribution is 7.80. The van der Waals surface area contributed by atoms with Crippen LogP contribution in [0.4, 0.5) is 5.69 Å². The average molecular weight is 235 g/mol. The molecule has 1 aromatic heterocycles. The van der Waals surface area contributed by atoms with Crippen LogP contribution in [0, 0.1) is 5.92 Å². The molecule has 1 aliphatic rings. The Morgan fingerprint density at radius 2 is 2.31 bits per heavy atom. The van der Waals surface area contributed by atoms with Gasteiger partial charge in [0, 0.05) is 24.8 Å². The maximum atomic E-state index is 5.72. The molecule has 1 aliphatic carbocycles. The molecule has 1 aromatic rings. The molecular formula is C12H17N3S. The van der Waals surface area contributed by atoms with Crippen molar-refractivity contribution in [3.8, 4) is 0 Å². The third-order valence-electron chi connectivity index (χ3n) is 3.36. The van der Waals surface area contributed by atoms with Crippen LogP contribution in [0.1, 0.15) is 25.3 Å². The first-order valence-electron chi connectivity index (χ1n) is 5.58. The minimum Gasteiger partial charge on any atom is -0.389 e. The fourth-order valence-corrected chi connectivity index (χ4v) is 2.16. The van der Waals surface area contributed by atoms with Crippen LogP contribution < -0.4 is 10.6 Å². The Bertz CT molecular complexity index is 401. The molecule has 0 aliphatic heterocycles. The van der Waals surface area contributed by atoms with Gasteiger partial charge in [0.15, 0.2) is 0 Å². The maximum absolute atomic E-state index is 5.72. The van der Waals surface area contributed by atoms with Gasteiger partial charge in [-0.2, -0.15) is 0 Å². The van der Waals surface area contributed by atoms with Crippen molar-refractivity contribution in [2.24, 2.45) is 11.7 Å². The average Bonchev–Trinajstić information content (AvgIpc) is 3.11. The molecule has 1 unspecified atom stereocenters. The highest BCUT2D eigenvalue weighted by Gasteiger charge is 2.31. The molecule has 86 valence electrons. The molecule has 3 nitrogen and oxygen atoms in total. The monoisotopic (exact) mass is 235 g/mol. The summed E-state index contributed by atoms with van der Waals surface area (Å²) in [6.07, 6.45) is 6.23. The van der Waals surface area contributed by atoms with E-state index < -0.39 is 0 Å². The van der Waals surface area contributed by atoms with Gasteiger partial charge in [-0.15, -0.1) is 0 Å². The highest BCUT2D eigenvalue weighted by atomic mass is 32.1. The molecule has 0 radical (unpaired) electrons. The van der Waals surface area contributed by atoms with Crippen molar-refractivity contribution in [1.29, 1.82) is 0 Å². The van der Waals surface area contributed by atoms with Crippen molar-refractivity contribution in [3.05, 3.63) is 24.0 Å². The molecule has 1 saturated carbocycles. The van der Waals surface area contributed by atoms with Crippen LogP contribution in [0.5, 0.6) is 0 Å². The van der Waals surface area contributed by atoms with E-state index in [4.69, 9.17) is 18.0 Å². The third kappa shape index (κ3) is 2.16. The van der Waals surface area contributed by atoms with Crippen LogP contribution >= 0.6 is 12.2 Å². The number of hydrogen-bond acceptors (Lipinski definition) is 3. The molecule has 1 atom stereocenters. The number of nitrogens with zero attached hydrogens (tertiary/aromatic N) is 2. The molecule has 0 aromatic carbocycles. The largest absolute Gasteiger partial charge is 0.389 e. The van der Waals surface area contributed by atoms with Crippen LogP contribution in [-0.4, -0.2) is 23.1 Å². The van der Waals surface area contributed by atoms with Crippen LogP contribution in [0.15, 0.2) is 18.5 Å². The number of hydrogen-bond donors (Lipinski definition) is 1. The van der Waals surface area contributed by atoms with Gasteiger partial charge in [-0.1, -0.05) is 12.2 Å². The minimum absolute atomic E-state index is 0.437. The summed E-state index contributed by atoms with van der Waals surface area (Å²) in [4.78, 5) is 6.83. The number of pyridine rings is 1. The summed E-state index contributed by atoms with van der Waals surface area (Å²) in [7, 11) is 2.09. The molecular weight excluding hydrogens is 218 g/mol. The Kier molecular flexibility index (Phi) is 3.10. The van der Waals surface area contributed by atoms with Crippen LogP contribution in [0.2, 0.25) is 0 Å². The smallest absolute Gasteiger partial charge is 0.106 e. The van der Waals surface area contributed by atoms with Gasteiger partial charge in [0.2, 0.25) is 0 Å². The third-order valence-corrected chi connectivity index (χ3v) is 3.58. The number of anilines is 1. The normalized spacial score (nSPS) is 16.9. The fourth-order valence-electron chi connectivity index (χ4n) is 1.99. The Hall–Kier alpha value is -1.16. The summed E-state index contributed by atoms with van der Waals surface area (Å²) in [5.74, 6) is 0.810. The van der Waals surface area contributed by atoms with Crippen molar-refractivity contribution >= 4 is 22.9 Å². The van der Waals surface area contributed by atoms with Gasteiger partial charge >= 0.3 is 0 Å². The van der Waals surface area contributed by atoms with Crippen LogP contribution in [0.25, 0.3) is 0 Å². The lowest BCUT2D eigenvalue weighted by molar-refractivity contribution is 0.608. The predicted molar refractivity (Wildman–Crippen MR) is 70.7 cm³/mol. The van der Waals surface area contributed by atoms with E-state index in [1.807, 2.05) is 12.3 Å². The summed E-state index contributed by atoms with van der Waals surface area (Å²) < 4.78 is 0. The van der Waals surface area contributed by atoms with Crippen molar-refractivity contribution in [2.45, 2.75) is 25.8 Å². The summed E-state index contributed by atoms with van der Waals surface area (Å²) in [5, 5.41) is 0. The molecule has 0 amide bonds. The van der Waals surface area contributed by atoms with E-state index in [9.17, 15) is 0 Å². The van der Waals surface area contributed by atoms with E-state index in [1.165, 1.54) is 12.8 Å². The zero-order valence-corrected chi connectivity index (χ0v) is 10.5. The molecule has 1 heterocycles. The number of aromatic nitrogens is 1. The van der Waals surface area contributed by atoms with Gasteiger partial charge in [0.25, 0.3) is 0 Å². The van der Waals surface area contributed by atoms with Crippen molar-refractivity contribution in [3.63, 3.8) is 0 Å². The number of nitrogens with two attached hydrogens (primary N) is 1. The summed E-state index contributed by atoms with van der Waals surface area (Å²) >= 11 is 5.06. The zero-order valence-electron chi connectivity index (χ0n) is 9.68. The maximum Gasteiger partial charge on any atom is 0.106 e. The van der Waals surface area contributed by atoms with E-state index in [0.717, 1.165) is 17.2 Å². The molecule has 0 saturated heterocycles. The molecule has 4 heteroatoms. The molecule has 2 N–H and O–H groups in total. The second kappa shape index (κ2) is 4.37. The van der Waals surface area contributed by atoms with Gasteiger partial charge in [-0.25, -0.2) is 0 Å². The highest BCUT2D eigenvalue weighted by Crippen LogP contribution is 2.36. The molecule has 0 bridgehead atoms. The molecule has 2 rings (SSSR count). The molecule has 1 fully saturated rings. The predicted octanol–water partition coefficient (Wildman–Crippen LogP) is 1.95. The zero-order chi connectivity index (χ0) is 11.7. The second-order valence-corrected chi connectivity index (χ2v) is 4.89. The van der Waals surface area contributed by atoms with Gasteiger partial charge in [0.1, 0.15) is 4.99 Å². The minimum atomic E-state index is 0.437. The fraction of sp³-hybridized carbons (Fsp3) is 0.500. The van der Waals surface area contributed by atoms with Crippen LogP contribution in [0.3, 0.4) is 0 Å². The lowest BCUT2D eigenvalue weighted by Crippen LogP contribution is -2.32. The van der Waals surface area contributed by atoms with E-state index in [-0.39, 0.29) is 0 Å². The lowest BCUT2D eigenvalue weighted by Gasteiger charge is -2.28. The summed E-state index contributed by atoms with van der Waals surface area (Å²) in [5.41, 5.74) is 7.67. The Labute approximate surface area is 102 Å². The first-order valence-corrected chi connectivity index (χ1v) is 5.98. The molecule has 16 heavy (non-hydrogen) atoms. The summed E-state index contributed by atoms with van der Waals surface area (Å²) in [6.45, 7) is 2.24. The summed E-state index contributed by atoms with van der Waals surface area (Å²) in [6, 6.07) is 2.41. The first-order chi connectivity index (χ1) is 7.61. The second-order valence-electron chi connectivity index (χ2n) is 4.45. The standard InChI is InChI=1S/C12H17N3S/c1-8(9-3-4-9)15(2)11-7-14-6-5-10(11)12(13)16/h5-9H,3-4H2,1-2H3,(H2,13,16). The number of rotatable bonds is 4. The van der Waals surface area contributed by atoms with Gasteiger partial charge in [0.05, 0.1) is 11.9 Å². The van der Waals surface area contributed by atoms with Crippen LogP contribution in [-0.2, 0) is 0 Å². The van der Waals surface area contributed by atoms with E-state index in [2.05, 4.69) is 23.9 Å². The van der Waals surface area contributed by atoms with E-state index in [1.54, 1.807) is 6.20 Å². The van der Waals surface area contributed by atoms with Gasteiger partial charge < -0.3 is 10.6 Å². The number of thiocarbonyl (C=S) groups is 1. The van der Waals surface area contributed by atoms with E-state index >= 15 is 0 Å².